The van der Waals surface area contributed by atoms with E-state index < -0.39 is 0 Å². The molecule has 1 unspecified atom stereocenters. The van der Waals surface area contributed by atoms with Gasteiger partial charge in [-0.05, 0) is 38.8 Å². The van der Waals surface area contributed by atoms with Gasteiger partial charge in [0, 0.05) is 43.9 Å². The van der Waals surface area contributed by atoms with E-state index in [0.717, 1.165) is 35.5 Å². The third kappa shape index (κ3) is 3.80. The first-order valence-electron chi connectivity index (χ1n) is 10.6. The Balaban J connectivity index is 1.46. The number of hydrogen-bond donors (Lipinski definition) is 0. The van der Waals surface area contributed by atoms with Crippen LogP contribution in [0.4, 0.5) is 0 Å². The number of rotatable bonds is 5. The van der Waals surface area contributed by atoms with Crippen molar-refractivity contribution < 1.29 is 9.59 Å². The van der Waals surface area contributed by atoms with E-state index in [9.17, 15) is 9.59 Å². The van der Waals surface area contributed by atoms with Crippen LogP contribution in [0.25, 0.3) is 5.69 Å². The topological polar surface area (TPSA) is 58.4 Å². The molecule has 0 spiro atoms. The number of nitrogens with zero attached hydrogens (tertiary/aromatic N) is 4. The van der Waals surface area contributed by atoms with E-state index in [2.05, 4.69) is 5.10 Å². The zero-order valence-electron chi connectivity index (χ0n) is 17.6. The predicted octanol–water partition coefficient (Wildman–Crippen LogP) is 3.24. The summed E-state index contributed by atoms with van der Waals surface area (Å²) in [7, 11) is 1.84. The van der Waals surface area contributed by atoms with Gasteiger partial charge in [0.15, 0.2) is 0 Å². The lowest BCUT2D eigenvalue weighted by atomic mass is 10.1. The Hall–Kier alpha value is -2.63. The maximum Gasteiger partial charge on any atom is 0.228 e. The fraction of sp³-hybridized carbons (Fsp3) is 0.522. The number of carbonyl (C=O) groups is 2. The molecule has 2 fully saturated rings. The lowest BCUT2D eigenvalue weighted by Gasteiger charge is -2.25. The minimum absolute atomic E-state index is 0.0603. The van der Waals surface area contributed by atoms with E-state index in [4.69, 9.17) is 0 Å². The van der Waals surface area contributed by atoms with Crippen molar-refractivity contribution in [3.05, 3.63) is 47.3 Å². The lowest BCUT2D eigenvalue weighted by molar-refractivity contribution is -0.135. The predicted molar refractivity (Wildman–Crippen MR) is 112 cm³/mol. The fourth-order valence-corrected chi connectivity index (χ4v) is 4.82. The number of benzene rings is 1. The molecule has 2 aromatic rings. The first kappa shape index (κ1) is 19.7. The van der Waals surface area contributed by atoms with E-state index in [0.29, 0.717) is 25.6 Å². The molecule has 0 radical (unpaired) electrons. The first-order chi connectivity index (χ1) is 14.0. The van der Waals surface area contributed by atoms with E-state index >= 15 is 0 Å². The molecule has 2 heterocycles. The molecule has 4 rings (SSSR count). The number of hydrogen-bond acceptors (Lipinski definition) is 3. The van der Waals surface area contributed by atoms with Gasteiger partial charge in [-0.1, -0.05) is 31.0 Å². The van der Waals surface area contributed by atoms with Gasteiger partial charge in [-0.25, -0.2) is 4.68 Å². The van der Waals surface area contributed by atoms with Crippen LogP contribution in [-0.4, -0.2) is 51.0 Å². The maximum absolute atomic E-state index is 13.1. The summed E-state index contributed by atoms with van der Waals surface area (Å²) in [5, 5.41) is 4.68. The van der Waals surface area contributed by atoms with Gasteiger partial charge >= 0.3 is 0 Å². The fourth-order valence-electron chi connectivity index (χ4n) is 4.82. The highest BCUT2D eigenvalue weighted by molar-refractivity contribution is 5.89. The van der Waals surface area contributed by atoms with Gasteiger partial charge in [0.2, 0.25) is 11.8 Å². The summed E-state index contributed by atoms with van der Waals surface area (Å²) in [6.45, 7) is 5.12. The van der Waals surface area contributed by atoms with Crippen LogP contribution in [0.5, 0.6) is 0 Å². The van der Waals surface area contributed by atoms with Crippen LogP contribution in [0.15, 0.2) is 30.3 Å². The zero-order valence-corrected chi connectivity index (χ0v) is 17.6. The monoisotopic (exact) mass is 394 g/mol. The average molecular weight is 395 g/mol. The summed E-state index contributed by atoms with van der Waals surface area (Å²) >= 11 is 0. The SMILES string of the molecule is Cc1nn(-c2ccccc2)c(C)c1CN(C)C(=O)C1CC(=O)N(C2CCCC2)C1. The van der Waals surface area contributed by atoms with Gasteiger partial charge in [-0.3, -0.25) is 9.59 Å². The van der Waals surface area contributed by atoms with Crippen molar-refractivity contribution >= 4 is 11.8 Å². The Morgan fingerprint density at radius 3 is 2.55 bits per heavy atom. The zero-order chi connectivity index (χ0) is 20.5. The van der Waals surface area contributed by atoms with Crippen LogP contribution in [-0.2, 0) is 16.1 Å². The molecule has 1 atom stereocenters. The summed E-state index contributed by atoms with van der Waals surface area (Å²) in [4.78, 5) is 29.3. The van der Waals surface area contributed by atoms with Gasteiger partial charge in [0.1, 0.15) is 0 Å². The van der Waals surface area contributed by atoms with Gasteiger partial charge in [0.05, 0.1) is 17.3 Å². The third-order valence-corrected chi connectivity index (χ3v) is 6.49. The van der Waals surface area contributed by atoms with Crippen LogP contribution < -0.4 is 0 Å². The number of likely N-dealkylation sites (tertiary alicyclic amines) is 1. The Morgan fingerprint density at radius 2 is 1.86 bits per heavy atom. The van der Waals surface area contributed by atoms with Crippen molar-refractivity contribution in [2.45, 2.75) is 58.5 Å². The Bertz CT molecular complexity index is 899. The minimum atomic E-state index is -0.224. The molecule has 1 aliphatic heterocycles. The van der Waals surface area contributed by atoms with Crippen molar-refractivity contribution in [1.29, 1.82) is 0 Å². The minimum Gasteiger partial charge on any atom is -0.341 e. The number of aromatic nitrogens is 2. The average Bonchev–Trinajstić information content (AvgIpc) is 3.44. The number of carbonyl (C=O) groups excluding carboxylic acids is 2. The second kappa shape index (κ2) is 8.01. The molecule has 2 aliphatic rings. The summed E-state index contributed by atoms with van der Waals surface area (Å²) in [5.41, 5.74) is 4.06. The molecule has 0 bridgehead atoms. The standard InChI is InChI=1S/C23H30N4O2/c1-16-21(17(2)27(24-16)20-11-5-4-6-12-20)15-25(3)23(29)18-13-22(28)26(14-18)19-9-7-8-10-19/h4-6,11-12,18-19H,7-10,13-15H2,1-3H3. The second-order valence-corrected chi connectivity index (χ2v) is 8.48. The van der Waals surface area contributed by atoms with Crippen molar-refractivity contribution in [3.63, 3.8) is 0 Å². The Labute approximate surface area is 172 Å². The number of amides is 2. The normalized spacial score (nSPS) is 19.9. The van der Waals surface area contributed by atoms with Crippen LogP contribution in [0, 0.1) is 19.8 Å². The molecule has 1 saturated carbocycles. The maximum atomic E-state index is 13.1. The number of para-hydroxylation sites is 1. The van der Waals surface area contributed by atoms with Crippen LogP contribution in [0.1, 0.15) is 49.1 Å². The number of aryl methyl sites for hydroxylation is 1. The molecule has 154 valence electrons. The second-order valence-electron chi connectivity index (χ2n) is 8.48. The van der Waals surface area contributed by atoms with E-state index in [-0.39, 0.29) is 17.7 Å². The third-order valence-electron chi connectivity index (χ3n) is 6.49. The van der Waals surface area contributed by atoms with Crippen LogP contribution >= 0.6 is 0 Å². The Morgan fingerprint density at radius 1 is 1.17 bits per heavy atom. The summed E-state index contributed by atoms with van der Waals surface area (Å²) in [5.74, 6) is -0.0177. The highest BCUT2D eigenvalue weighted by atomic mass is 16.2. The van der Waals surface area contributed by atoms with Gasteiger partial charge < -0.3 is 9.80 Å². The Kier molecular flexibility index (Phi) is 5.43. The summed E-state index contributed by atoms with van der Waals surface area (Å²) in [6.07, 6.45) is 4.90. The molecule has 6 nitrogen and oxygen atoms in total. The van der Waals surface area contributed by atoms with E-state index in [1.807, 2.05) is 60.8 Å². The molecular weight excluding hydrogens is 364 g/mol. The highest BCUT2D eigenvalue weighted by Gasteiger charge is 2.39. The largest absolute Gasteiger partial charge is 0.341 e. The summed E-state index contributed by atoms with van der Waals surface area (Å²) < 4.78 is 1.93. The molecule has 2 amide bonds. The van der Waals surface area contributed by atoms with Gasteiger partial charge in [-0.15, -0.1) is 0 Å². The first-order valence-corrected chi connectivity index (χ1v) is 10.6. The van der Waals surface area contributed by atoms with Crippen molar-refractivity contribution in [2.75, 3.05) is 13.6 Å². The molecule has 29 heavy (non-hydrogen) atoms. The molecule has 0 N–H and O–H groups in total. The quantitative estimate of drug-likeness (QED) is 0.782. The molecule has 1 saturated heterocycles. The smallest absolute Gasteiger partial charge is 0.228 e. The summed E-state index contributed by atoms with van der Waals surface area (Å²) in [6, 6.07) is 10.4. The van der Waals surface area contributed by atoms with Crippen molar-refractivity contribution in [2.24, 2.45) is 5.92 Å². The van der Waals surface area contributed by atoms with E-state index in [1.165, 1.54) is 12.8 Å². The van der Waals surface area contributed by atoms with E-state index in [1.54, 1.807) is 4.90 Å². The van der Waals surface area contributed by atoms with Gasteiger partial charge in [-0.2, -0.15) is 5.10 Å². The molecule has 1 aliphatic carbocycles. The van der Waals surface area contributed by atoms with Crippen LogP contribution in [0.3, 0.4) is 0 Å². The highest BCUT2D eigenvalue weighted by Crippen LogP contribution is 2.30. The lowest BCUT2D eigenvalue weighted by Crippen LogP contribution is -2.37. The van der Waals surface area contributed by atoms with Crippen molar-refractivity contribution in [1.82, 2.24) is 19.6 Å². The van der Waals surface area contributed by atoms with Gasteiger partial charge in [0.25, 0.3) is 0 Å². The molecular formula is C23H30N4O2. The van der Waals surface area contributed by atoms with Crippen LogP contribution in [0.2, 0.25) is 0 Å². The molecule has 6 heteroatoms. The molecule has 1 aromatic carbocycles. The van der Waals surface area contributed by atoms with Crippen molar-refractivity contribution in [3.8, 4) is 5.69 Å². The molecule has 1 aromatic heterocycles.